The van der Waals surface area contributed by atoms with Crippen LogP contribution in [0, 0.1) is 5.92 Å². The van der Waals surface area contributed by atoms with E-state index in [-0.39, 0.29) is 23.3 Å². The standard InChI is InChI=1S/C27H35N5O3/c33-25-14-13-24(28-32(25)23-11-6-3-7-12-23)29-15-8-16-30(18-17-29)27(35)21-19-26(34)31(20-21)22-9-4-1-2-5-10-22/h3,6-7,11-14,21-22H,1-2,4-5,8-10,15-20H2/t21-/m0/s1. The number of carbonyl (C=O) groups is 2. The number of benzene rings is 1. The van der Waals surface area contributed by atoms with Crippen molar-refractivity contribution in [2.75, 3.05) is 37.6 Å². The zero-order valence-electron chi connectivity index (χ0n) is 20.3. The van der Waals surface area contributed by atoms with Crippen molar-refractivity contribution in [3.8, 4) is 5.69 Å². The minimum absolute atomic E-state index is 0.110. The number of likely N-dealkylation sites (tertiary alicyclic amines) is 1. The average Bonchev–Trinajstić information content (AvgIpc) is 3.08. The molecule has 0 bridgehead atoms. The molecule has 2 amide bonds. The highest BCUT2D eigenvalue weighted by Gasteiger charge is 2.39. The number of rotatable bonds is 4. The Morgan fingerprint density at radius 2 is 1.60 bits per heavy atom. The van der Waals surface area contributed by atoms with Gasteiger partial charge in [-0.1, -0.05) is 43.9 Å². The van der Waals surface area contributed by atoms with Crippen LogP contribution in [0.4, 0.5) is 5.82 Å². The van der Waals surface area contributed by atoms with Gasteiger partial charge in [0.25, 0.3) is 5.56 Å². The highest BCUT2D eigenvalue weighted by molar-refractivity contribution is 5.89. The molecule has 3 heterocycles. The molecule has 5 rings (SSSR count). The van der Waals surface area contributed by atoms with Crippen LogP contribution in [0.3, 0.4) is 0 Å². The molecule has 2 aliphatic heterocycles. The van der Waals surface area contributed by atoms with Crippen molar-refractivity contribution in [2.24, 2.45) is 5.92 Å². The van der Waals surface area contributed by atoms with Crippen molar-refractivity contribution in [3.05, 3.63) is 52.8 Å². The zero-order valence-corrected chi connectivity index (χ0v) is 20.3. The fourth-order valence-electron chi connectivity index (χ4n) is 5.77. The van der Waals surface area contributed by atoms with Gasteiger partial charge >= 0.3 is 0 Å². The summed E-state index contributed by atoms with van der Waals surface area (Å²) in [7, 11) is 0. The molecule has 2 saturated heterocycles. The van der Waals surface area contributed by atoms with Gasteiger partial charge in [-0.05, 0) is 37.5 Å². The molecule has 0 unspecified atom stereocenters. The van der Waals surface area contributed by atoms with Crippen LogP contribution >= 0.6 is 0 Å². The van der Waals surface area contributed by atoms with E-state index in [1.807, 2.05) is 40.1 Å². The first-order valence-electron chi connectivity index (χ1n) is 13.1. The first kappa shape index (κ1) is 23.6. The predicted octanol–water partition coefficient (Wildman–Crippen LogP) is 2.84. The van der Waals surface area contributed by atoms with E-state index in [4.69, 9.17) is 0 Å². The molecule has 186 valence electrons. The quantitative estimate of drug-likeness (QED) is 0.633. The Balaban J connectivity index is 1.23. The van der Waals surface area contributed by atoms with Crippen LogP contribution in [-0.2, 0) is 9.59 Å². The van der Waals surface area contributed by atoms with E-state index in [2.05, 4.69) is 10.00 Å². The molecule has 3 fully saturated rings. The molecule has 0 N–H and O–H groups in total. The predicted molar refractivity (Wildman–Crippen MR) is 135 cm³/mol. The third-order valence-electron chi connectivity index (χ3n) is 7.69. The fourth-order valence-corrected chi connectivity index (χ4v) is 5.77. The first-order valence-corrected chi connectivity index (χ1v) is 13.1. The van der Waals surface area contributed by atoms with Gasteiger partial charge in [-0.15, -0.1) is 5.10 Å². The number of nitrogens with zero attached hydrogens (tertiary/aromatic N) is 5. The van der Waals surface area contributed by atoms with Crippen LogP contribution < -0.4 is 10.5 Å². The van der Waals surface area contributed by atoms with Gasteiger partial charge < -0.3 is 14.7 Å². The maximum Gasteiger partial charge on any atom is 0.271 e. The molecule has 3 aliphatic rings. The monoisotopic (exact) mass is 477 g/mol. The Labute approximate surface area is 206 Å². The first-order chi connectivity index (χ1) is 17.1. The fraction of sp³-hybridized carbons (Fsp3) is 0.556. The van der Waals surface area contributed by atoms with E-state index in [9.17, 15) is 14.4 Å². The maximum absolute atomic E-state index is 13.4. The summed E-state index contributed by atoms with van der Waals surface area (Å²) in [6.07, 6.45) is 8.18. The Morgan fingerprint density at radius 3 is 2.37 bits per heavy atom. The van der Waals surface area contributed by atoms with E-state index in [0.717, 1.165) is 37.3 Å². The Kier molecular flexibility index (Phi) is 7.16. The largest absolute Gasteiger partial charge is 0.353 e. The molecule has 8 nitrogen and oxygen atoms in total. The van der Waals surface area contributed by atoms with E-state index in [1.54, 1.807) is 12.1 Å². The third-order valence-corrected chi connectivity index (χ3v) is 7.69. The lowest BCUT2D eigenvalue weighted by atomic mass is 10.1. The second-order valence-electron chi connectivity index (χ2n) is 10.0. The van der Waals surface area contributed by atoms with Gasteiger partial charge in [0, 0.05) is 51.3 Å². The smallest absolute Gasteiger partial charge is 0.271 e. The van der Waals surface area contributed by atoms with Gasteiger partial charge in [-0.2, -0.15) is 4.68 Å². The van der Waals surface area contributed by atoms with Crippen molar-refractivity contribution < 1.29 is 9.59 Å². The molecular formula is C27H35N5O3. The molecule has 0 radical (unpaired) electrons. The van der Waals surface area contributed by atoms with Crippen LogP contribution in [0.25, 0.3) is 5.69 Å². The number of carbonyl (C=O) groups excluding carboxylic acids is 2. The molecule has 8 heteroatoms. The van der Waals surface area contributed by atoms with Crippen LogP contribution in [0.5, 0.6) is 0 Å². The van der Waals surface area contributed by atoms with Gasteiger partial charge in [0.05, 0.1) is 11.6 Å². The molecule has 1 aliphatic carbocycles. The van der Waals surface area contributed by atoms with E-state index in [0.29, 0.717) is 38.6 Å². The summed E-state index contributed by atoms with van der Waals surface area (Å²) in [5.74, 6) is 0.770. The summed E-state index contributed by atoms with van der Waals surface area (Å²) < 4.78 is 1.43. The molecule has 2 aromatic rings. The molecular weight excluding hydrogens is 442 g/mol. The number of para-hydroxylation sites is 1. The topological polar surface area (TPSA) is 78.8 Å². The summed E-state index contributed by atoms with van der Waals surface area (Å²) in [4.78, 5) is 44.6. The Hall–Kier alpha value is -3.16. The van der Waals surface area contributed by atoms with Crippen molar-refractivity contribution >= 4 is 17.6 Å². The normalized spacial score (nSPS) is 22.2. The minimum Gasteiger partial charge on any atom is -0.353 e. The highest BCUT2D eigenvalue weighted by Crippen LogP contribution is 2.29. The van der Waals surface area contributed by atoms with Gasteiger partial charge in [-0.3, -0.25) is 14.4 Å². The van der Waals surface area contributed by atoms with Crippen LogP contribution in [0.2, 0.25) is 0 Å². The van der Waals surface area contributed by atoms with Gasteiger partial charge in [0.1, 0.15) is 5.82 Å². The van der Waals surface area contributed by atoms with Gasteiger partial charge in [0.2, 0.25) is 11.8 Å². The molecule has 1 aromatic heterocycles. The lowest BCUT2D eigenvalue weighted by Crippen LogP contribution is -2.41. The number of amides is 2. The van der Waals surface area contributed by atoms with Crippen molar-refractivity contribution in [1.29, 1.82) is 0 Å². The number of hydrogen-bond acceptors (Lipinski definition) is 5. The lowest BCUT2D eigenvalue weighted by molar-refractivity contribution is -0.135. The maximum atomic E-state index is 13.4. The minimum atomic E-state index is -0.226. The number of aromatic nitrogens is 2. The molecule has 0 spiro atoms. The summed E-state index contributed by atoms with van der Waals surface area (Å²) in [6, 6.07) is 13.0. The summed E-state index contributed by atoms with van der Waals surface area (Å²) in [6.45, 7) is 3.27. The van der Waals surface area contributed by atoms with Crippen molar-refractivity contribution in [1.82, 2.24) is 19.6 Å². The third kappa shape index (κ3) is 5.26. The SMILES string of the molecule is O=C([C@H]1CC(=O)N(C2CCCCCC2)C1)N1CCCN(c2ccc(=O)n(-c3ccccc3)n2)CC1. The zero-order chi connectivity index (χ0) is 24.2. The molecule has 1 atom stereocenters. The average molecular weight is 478 g/mol. The van der Waals surface area contributed by atoms with E-state index < -0.39 is 0 Å². The van der Waals surface area contributed by atoms with Crippen LogP contribution in [-0.4, -0.2) is 70.2 Å². The molecule has 1 aromatic carbocycles. The van der Waals surface area contributed by atoms with Gasteiger partial charge in [0.15, 0.2) is 0 Å². The summed E-state index contributed by atoms with van der Waals surface area (Å²) in [5.41, 5.74) is 0.561. The molecule has 1 saturated carbocycles. The highest BCUT2D eigenvalue weighted by atomic mass is 16.2. The van der Waals surface area contributed by atoms with E-state index in [1.165, 1.54) is 30.4 Å². The number of anilines is 1. The Morgan fingerprint density at radius 1 is 0.829 bits per heavy atom. The summed E-state index contributed by atoms with van der Waals surface area (Å²) >= 11 is 0. The number of hydrogen-bond donors (Lipinski definition) is 0. The van der Waals surface area contributed by atoms with E-state index >= 15 is 0 Å². The second kappa shape index (κ2) is 10.6. The van der Waals surface area contributed by atoms with Crippen LogP contribution in [0.15, 0.2) is 47.3 Å². The summed E-state index contributed by atoms with van der Waals surface area (Å²) in [5, 5.41) is 4.61. The van der Waals surface area contributed by atoms with Crippen LogP contribution in [0.1, 0.15) is 51.4 Å². The second-order valence-corrected chi connectivity index (χ2v) is 10.0. The van der Waals surface area contributed by atoms with Crippen molar-refractivity contribution in [2.45, 2.75) is 57.4 Å². The lowest BCUT2D eigenvalue weighted by Gasteiger charge is -2.28. The Bertz CT molecular complexity index is 1090. The van der Waals surface area contributed by atoms with Crippen molar-refractivity contribution in [3.63, 3.8) is 0 Å². The van der Waals surface area contributed by atoms with Gasteiger partial charge in [-0.25, -0.2) is 0 Å². The molecule has 35 heavy (non-hydrogen) atoms.